The summed E-state index contributed by atoms with van der Waals surface area (Å²) in [6.07, 6.45) is 0.430. The Morgan fingerprint density at radius 3 is 2.66 bits per heavy atom. The van der Waals surface area contributed by atoms with Gasteiger partial charge in [0.05, 0.1) is 33.0 Å². The summed E-state index contributed by atoms with van der Waals surface area (Å²) >= 11 is 13.4. The molecule has 1 aromatic carbocycles. The van der Waals surface area contributed by atoms with Gasteiger partial charge in [-0.1, -0.05) is 29.3 Å². The van der Waals surface area contributed by atoms with Gasteiger partial charge < -0.3 is 9.32 Å². The Kier molecular flexibility index (Phi) is 5.75. The van der Waals surface area contributed by atoms with Crippen LogP contribution in [0.5, 0.6) is 0 Å². The smallest absolute Gasteiger partial charge is 0.264 e. The quantitative estimate of drug-likeness (QED) is 0.518. The molecule has 152 valence electrons. The van der Waals surface area contributed by atoms with Gasteiger partial charge in [0.1, 0.15) is 11.5 Å². The number of carbonyl (C=O) groups excluding carboxylic acids is 1. The van der Waals surface area contributed by atoms with Crippen LogP contribution in [0.4, 0.5) is 0 Å². The highest BCUT2D eigenvalue weighted by Crippen LogP contribution is 2.31. The molecular weight excluding hydrogens is 453 g/mol. The maximum absolute atomic E-state index is 13.0. The summed E-state index contributed by atoms with van der Waals surface area (Å²) < 4.78 is 29.9. The number of benzene rings is 1. The molecule has 2 aromatic heterocycles. The van der Waals surface area contributed by atoms with Crippen molar-refractivity contribution in [3.05, 3.63) is 68.5 Å². The van der Waals surface area contributed by atoms with Crippen LogP contribution >= 0.6 is 34.5 Å². The van der Waals surface area contributed by atoms with E-state index >= 15 is 0 Å². The van der Waals surface area contributed by atoms with Crippen LogP contribution in [0, 0.1) is 0 Å². The molecule has 0 bridgehead atoms. The summed E-state index contributed by atoms with van der Waals surface area (Å²) in [4.78, 5) is 15.2. The number of nitrogens with zero attached hydrogens (tertiary/aromatic N) is 1. The first-order valence-corrected chi connectivity index (χ1v) is 12.4. The lowest BCUT2D eigenvalue weighted by molar-refractivity contribution is 0.0671. The standard InChI is InChI=1S/C20H17Cl2NO4S2/c21-16-5-3-13(10-17(16)22)18-6-4-15(27-18)11-23(14-7-9-29(25,26)12-14)20(24)19-2-1-8-28-19/h1-6,8,10,14H,7,9,11-12H2/t14-/m1/s1. The maximum atomic E-state index is 13.0. The maximum Gasteiger partial charge on any atom is 0.264 e. The van der Waals surface area contributed by atoms with Gasteiger partial charge in [0, 0.05) is 11.6 Å². The molecule has 0 aliphatic carbocycles. The zero-order valence-electron chi connectivity index (χ0n) is 15.2. The summed E-state index contributed by atoms with van der Waals surface area (Å²) in [5.41, 5.74) is 0.769. The molecule has 4 rings (SSSR count). The summed E-state index contributed by atoms with van der Waals surface area (Å²) in [5.74, 6) is 1.05. The van der Waals surface area contributed by atoms with E-state index in [1.54, 1.807) is 47.4 Å². The second-order valence-corrected chi connectivity index (χ2v) is 10.9. The molecule has 5 nitrogen and oxygen atoms in total. The molecule has 0 spiro atoms. The van der Waals surface area contributed by atoms with Crippen molar-refractivity contribution >= 4 is 50.3 Å². The Bertz CT molecular complexity index is 1140. The summed E-state index contributed by atoms with van der Waals surface area (Å²) in [6, 6.07) is 12.0. The van der Waals surface area contributed by atoms with Gasteiger partial charge in [0.2, 0.25) is 0 Å². The van der Waals surface area contributed by atoms with E-state index in [9.17, 15) is 13.2 Å². The molecule has 1 saturated heterocycles. The number of amides is 1. The number of hydrogen-bond donors (Lipinski definition) is 0. The van der Waals surface area contributed by atoms with E-state index in [2.05, 4.69) is 0 Å². The van der Waals surface area contributed by atoms with Crippen molar-refractivity contribution in [3.63, 3.8) is 0 Å². The highest BCUT2D eigenvalue weighted by atomic mass is 35.5. The Balaban J connectivity index is 1.60. The van der Waals surface area contributed by atoms with Crippen molar-refractivity contribution in [2.45, 2.75) is 19.0 Å². The number of furan rings is 1. The molecule has 1 aliphatic rings. The SMILES string of the molecule is O=C(c1cccs1)N(Cc1ccc(-c2ccc(Cl)c(Cl)c2)o1)[C@@H]1CCS(=O)(=O)C1. The fraction of sp³-hybridized carbons (Fsp3) is 0.250. The van der Waals surface area contributed by atoms with E-state index in [1.165, 1.54) is 11.3 Å². The van der Waals surface area contributed by atoms with Crippen molar-refractivity contribution in [2.24, 2.45) is 0 Å². The number of halogens is 2. The average molecular weight is 470 g/mol. The molecule has 1 fully saturated rings. The number of rotatable bonds is 5. The number of hydrogen-bond acceptors (Lipinski definition) is 5. The summed E-state index contributed by atoms with van der Waals surface area (Å²) in [5, 5.41) is 2.71. The highest BCUT2D eigenvalue weighted by Gasteiger charge is 2.35. The lowest BCUT2D eigenvalue weighted by atomic mass is 10.2. The van der Waals surface area contributed by atoms with Crippen molar-refractivity contribution in [1.29, 1.82) is 0 Å². The lowest BCUT2D eigenvalue weighted by Gasteiger charge is -2.27. The minimum Gasteiger partial charge on any atom is -0.459 e. The van der Waals surface area contributed by atoms with Crippen molar-refractivity contribution in [2.75, 3.05) is 11.5 Å². The summed E-state index contributed by atoms with van der Waals surface area (Å²) in [7, 11) is -3.13. The molecule has 1 aliphatic heterocycles. The molecule has 3 heterocycles. The van der Waals surface area contributed by atoms with Gasteiger partial charge in [0.25, 0.3) is 5.91 Å². The van der Waals surface area contributed by atoms with Crippen LogP contribution in [-0.4, -0.2) is 36.8 Å². The van der Waals surface area contributed by atoms with Crippen molar-refractivity contribution in [1.82, 2.24) is 4.90 Å². The Hall–Kier alpha value is -1.80. The van der Waals surface area contributed by atoms with E-state index in [0.29, 0.717) is 32.9 Å². The van der Waals surface area contributed by atoms with Crippen LogP contribution in [0.2, 0.25) is 10.0 Å². The highest BCUT2D eigenvalue weighted by molar-refractivity contribution is 7.91. The number of carbonyl (C=O) groups is 1. The molecule has 3 aromatic rings. The van der Waals surface area contributed by atoms with Crippen LogP contribution in [0.15, 0.2) is 52.3 Å². The molecule has 9 heteroatoms. The Labute approximate surface area is 182 Å². The zero-order chi connectivity index (χ0) is 20.6. The van der Waals surface area contributed by atoms with Crippen LogP contribution in [0.1, 0.15) is 21.9 Å². The van der Waals surface area contributed by atoms with Gasteiger partial charge in [-0.25, -0.2) is 8.42 Å². The summed E-state index contributed by atoms with van der Waals surface area (Å²) in [6.45, 7) is 0.193. The third-order valence-electron chi connectivity index (χ3n) is 4.83. The van der Waals surface area contributed by atoms with Gasteiger partial charge in [-0.3, -0.25) is 4.79 Å². The first-order valence-electron chi connectivity index (χ1n) is 8.91. The fourth-order valence-electron chi connectivity index (χ4n) is 3.37. The van der Waals surface area contributed by atoms with Gasteiger partial charge in [-0.2, -0.15) is 0 Å². The normalized spacial score (nSPS) is 18.1. The van der Waals surface area contributed by atoms with Crippen LogP contribution in [0.3, 0.4) is 0 Å². The van der Waals surface area contributed by atoms with Gasteiger partial charge in [-0.05, 0) is 48.2 Å². The molecule has 0 saturated carbocycles. The van der Waals surface area contributed by atoms with E-state index in [-0.39, 0.29) is 30.0 Å². The van der Waals surface area contributed by atoms with Gasteiger partial charge in [0.15, 0.2) is 9.84 Å². The van der Waals surface area contributed by atoms with Crippen molar-refractivity contribution < 1.29 is 17.6 Å². The van der Waals surface area contributed by atoms with E-state index in [0.717, 1.165) is 5.56 Å². The molecule has 0 N–H and O–H groups in total. The number of sulfone groups is 1. The van der Waals surface area contributed by atoms with E-state index < -0.39 is 9.84 Å². The average Bonchev–Trinajstić information content (AvgIpc) is 3.42. The fourth-order valence-corrected chi connectivity index (χ4v) is 6.07. The van der Waals surface area contributed by atoms with Crippen LogP contribution < -0.4 is 0 Å². The minimum absolute atomic E-state index is 0.0233. The number of thiophene rings is 1. The Morgan fingerprint density at radius 2 is 2.00 bits per heavy atom. The van der Waals surface area contributed by atoms with Crippen LogP contribution in [0.25, 0.3) is 11.3 Å². The van der Waals surface area contributed by atoms with Crippen molar-refractivity contribution in [3.8, 4) is 11.3 Å². The first-order chi connectivity index (χ1) is 13.8. The van der Waals surface area contributed by atoms with Crippen LogP contribution in [-0.2, 0) is 16.4 Å². The third-order valence-corrected chi connectivity index (χ3v) is 8.18. The second-order valence-electron chi connectivity index (χ2n) is 6.86. The predicted octanol–water partition coefficient (Wildman–Crippen LogP) is 5.14. The van der Waals surface area contributed by atoms with E-state index in [1.807, 2.05) is 5.38 Å². The topological polar surface area (TPSA) is 67.6 Å². The minimum atomic E-state index is -3.13. The molecule has 0 radical (unpaired) electrons. The molecule has 1 atom stereocenters. The molecule has 1 amide bonds. The Morgan fingerprint density at radius 1 is 1.17 bits per heavy atom. The lowest BCUT2D eigenvalue weighted by Crippen LogP contribution is -2.40. The van der Waals surface area contributed by atoms with Gasteiger partial charge in [-0.15, -0.1) is 11.3 Å². The zero-order valence-corrected chi connectivity index (χ0v) is 18.3. The largest absolute Gasteiger partial charge is 0.459 e. The molecule has 0 unspecified atom stereocenters. The first kappa shape index (κ1) is 20.5. The predicted molar refractivity (Wildman–Crippen MR) is 115 cm³/mol. The van der Waals surface area contributed by atoms with E-state index in [4.69, 9.17) is 27.6 Å². The molecular formula is C20H17Cl2NO4S2. The van der Waals surface area contributed by atoms with Gasteiger partial charge >= 0.3 is 0 Å². The monoisotopic (exact) mass is 469 g/mol. The third kappa shape index (κ3) is 4.53. The molecule has 29 heavy (non-hydrogen) atoms. The second kappa shape index (κ2) is 8.14.